The molecule has 0 amide bonds. The highest BCUT2D eigenvalue weighted by molar-refractivity contribution is 5.48. The SMILES string of the molecule is COc1ccc(OCCNc2cc(N3CCCC3)ncn2)cc1. The van der Waals surface area contributed by atoms with Gasteiger partial charge in [-0.25, -0.2) is 9.97 Å². The molecule has 0 atom stereocenters. The minimum atomic E-state index is 0.565. The van der Waals surface area contributed by atoms with Crippen LogP contribution in [0.2, 0.25) is 0 Å². The van der Waals surface area contributed by atoms with Gasteiger partial charge in [-0.15, -0.1) is 0 Å². The van der Waals surface area contributed by atoms with E-state index >= 15 is 0 Å². The summed E-state index contributed by atoms with van der Waals surface area (Å²) in [6, 6.07) is 9.56. The highest BCUT2D eigenvalue weighted by atomic mass is 16.5. The first-order valence-corrected chi connectivity index (χ1v) is 7.93. The molecule has 1 saturated heterocycles. The fraction of sp³-hybridized carbons (Fsp3) is 0.412. The smallest absolute Gasteiger partial charge is 0.134 e. The molecule has 122 valence electrons. The predicted molar refractivity (Wildman–Crippen MR) is 90.5 cm³/mol. The molecule has 1 aliphatic rings. The van der Waals surface area contributed by atoms with Gasteiger partial charge >= 0.3 is 0 Å². The summed E-state index contributed by atoms with van der Waals surface area (Å²) >= 11 is 0. The molecule has 0 saturated carbocycles. The normalized spacial score (nSPS) is 13.9. The van der Waals surface area contributed by atoms with Gasteiger partial charge in [0.2, 0.25) is 0 Å². The van der Waals surface area contributed by atoms with E-state index in [1.54, 1.807) is 13.4 Å². The number of methoxy groups -OCH3 is 1. The zero-order chi connectivity index (χ0) is 15.9. The molecule has 0 radical (unpaired) electrons. The van der Waals surface area contributed by atoms with E-state index in [0.29, 0.717) is 13.2 Å². The second kappa shape index (κ2) is 7.67. The Morgan fingerprint density at radius 3 is 2.57 bits per heavy atom. The molecule has 0 spiro atoms. The zero-order valence-electron chi connectivity index (χ0n) is 13.4. The summed E-state index contributed by atoms with van der Waals surface area (Å²) in [7, 11) is 1.65. The standard InChI is InChI=1S/C17H22N4O2/c1-22-14-4-6-15(7-5-14)23-11-8-18-16-12-17(20-13-19-16)21-9-2-3-10-21/h4-7,12-13H,2-3,8-11H2,1H3,(H,18,19,20). The fourth-order valence-electron chi connectivity index (χ4n) is 2.58. The van der Waals surface area contributed by atoms with Crippen molar-refractivity contribution < 1.29 is 9.47 Å². The Hall–Kier alpha value is -2.50. The van der Waals surface area contributed by atoms with Crippen molar-refractivity contribution in [3.05, 3.63) is 36.7 Å². The summed E-state index contributed by atoms with van der Waals surface area (Å²) in [4.78, 5) is 10.9. The Balaban J connectivity index is 1.45. The zero-order valence-corrected chi connectivity index (χ0v) is 13.4. The summed E-state index contributed by atoms with van der Waals surface area (Å²) in [5.74, 6) is 3.48. The molecule has 6 nitrogen and oxygen atoms in total. The van der Waals surface area contributed by atoms with Crippen LogP contribution >= 0.6 is 0 Å². The molecule has 23 heavy (non-hydrogen) atoms. The molecule has 2 heterocycles. The average Bonchev–Trinajstić information content (AvgIpc) is 3.14. The number of anilines is 2. The van der Waals surface area contributed by atoms with Crippen LogP contribution < -0.4 is 19.7 Å². The van der Waals surface area contributed by atoms with Gasteiger partial charge in [-0.05, 0) is 37.1 Å². The number of ether oxygens (including phenoxy) is 2. The third kappa shape index (κ3) is 4.25. The predicted octanol–water partition coefficient (Wildman–Crippen LogP) is 2.58. The van der Waals surface area contributed by atoms with Crippen LogP contribution in [-0.4, -0.2) is 43.3 Å². The summed E-state index contributed by atoms with van der Waals surface area (Å²) in [5.41, 5.74) is 0. The first kappa shape index (κ1) is 15.4. The van der Waals surface area contributed by atoms with Gasteiger partial charge in [0, 0.05) is 19.2 Å². The molecule has 2 aromatic rings. The van der Waals surface area contributed by atoms with Gasteiger partial charge in [-0.3, -0.25) is 0 Å². The van der Waals surface area contributed by atoms with E-state index in [9.17, 15) is 0 Å². The van der Waals surface area contributed by atoms with Crippen molar-refractivity contribution in [3.8, 4) is 11.5 Å². The van der Waals surface area contributed by atoms with Crippen LogP contribution in [0.3, 0.4) is 0 Å². The number of aromatic nitrogens is 2. The van der Waals surface area contributed by atoms with Gasteiger partial charge in [0.05, 0.1) is 13.7 Å². The van der Waals surface area contributed by atoms with Crippen LogP contribution in [0, 0.1) is 0 Å². The Morgan fingerprint density at radius 2 is 1.83 bits per heavy atom. The fourth-order valence-corrected chi connectivity index (χ4v) is 2.58. The van der Waals surface area contributed by atoms with Crippen LogP contribution in [0.5, 0.6) is 11.5 Å². The number of benzene rings is 1. The third-order valence-corrected chi connectivity index (χ3v) is 3.82. The molecule has 1 aromatic carbocycles. The maximum atomic E-state index is 5.69. The van der Waals surface area contributed by atoms with Crippen LogP contribution in [-0.2, 0) is 0 Å². The Bertz CT molecular complexity index is 612. The molecule has 3 rings (SSSR count). The Morgan fingerprint density at radius 1 is 1.09 bits per heavy atom. The second-order valence-corrected chi connectivity index (χ2v) is 5.41. The minimum absolute atomic E-state index is 0.565. The van der Waals surface area contributed by atoms with E-state index in [4.69, 9.17) is 9.47 Å². The quantitative estimate of drug-likeness (QED) is 0.793. The Kier molecular flexibility index (Phi) is 5.13. The molecule has 0 aliphatic carbocycles. The van der Waals surface area contributed by atoms with E-state index in [1.807, 2.05) is 30.3 Å². The second-order valence-electron chi connectivity index (χ2n) is 5.41. The lowest BCUT2D eigenvalue weighted by atomic mass is 10.3. The third-order valence-electron chi connectivity index (χ3n) is 3.82. The number of hydrogen-bond acceptors (Lipinski definition) is 6. The number of hydrogen-bond donors (Lipinski definition) is 1. The van der Waals surface area contributed by atoms with Crippen molar-refractivity contribution in [1.29, 1.82) is 0 Å². The van der Waals surface area contributed by atoms with Gasteiger partial charge in [0.1, 0.15) is 36.1 Å². The van der Waals surface area contributed by atoms with E-state index in [2.05, 4.69) is 20.2 Å². The van der Waals surface area contributed by atoms with Crippen molar-refractivity contribution >= 4 is 11.6 Å². The van der Waals surface area contributed by atoms with E-state index in [0.717, 1.165) is 36.2 Å². The maximum absolute atomic E-state index is 5.69. The molecule has 1 N–H and O–H groups in total. The van der Waals surface area contributed by atoms with E-state index in [1.165, 1.54) is 12.8 Å². The lowest BCUT2D eigenvalue weighted by Gasteiger charge is -2.16. The molecule has 0 unspecified atom stereocenters. The van der Waals surface area contributed by atoms with Crippen molar-refractivity contribution in [1.82, 2.24) is 9.97 Å². The van der Waals surface area contributed by atoms with Crippen LogP contribution in [0.4, 0.5) is 11.6 Å². The molecule has 1 aliphatic heterocycles. The van der Waals surface area contributed by atoms with Crippen LogP contribution in [0.1, 0.15) is 12.8 Å². The molecular weight excluding hydrogens is 292 g/mol. The van der Waals surface area contributed by atoms with Gasteiger partial charge < -0.3 is 19.7 Å². The molecule has 1 aromatic heterocycles. The van der Waals surface area contributed by atoms with Crippen LogP contribution in [0.25, 0.3) is 0 Å². The van der Waals surface area contributed by atoms with E-state index < -0.39 is 0 Å². The highest BCUT2D eigenvalue weighted by Gasteiger charge is 2.13. The summed E-state index contributed by atoms with van der Waals surface area (Å²) in [5, 5.41) is 3.27. The van der Waals surface area contributed by atoms with Gasteiger partial charge in [0.25, 0.3) is 0 Å². The molecular formula is C17H22N4O2. The first-order chi connectivity index (χ1) is 11.3. The van der Waals surface area contributed by atoms with Crippen LogP contribution in [0.15, 0.2) is 36.7 Å². The van der Waals surface area contributed by atoms with E-state index in [-0.39, 0.29) is 0 Å². The summed E-state index contributed by atoms with van der Waals surface area (Å²) in [6.07, 6.45) is 4.09. The topological polar surface area (TPSA) is 59.5 Å². The van der Waals surface area contributed by atoms with Gasteiger partial charge in [-0.1, -0.05) is 0 Å². The first-order valence-electron chi connectivity index (χ1n) is 7.93. The monoisotopic (exact) mass is 314 g/mol. The largest absolute Gasteiger partial charge is 0.497 e. The van der Waals surface area contributed by atoms with Gasteiger partial charge in [0.15, 0.2) is 0 Å². The molecule has 1 fully saturated rings. The number of nitrogens with zero attached hydrogens (tertiary/aromatic N) is 3. The Labute approximate surface area is 136 Å². The molecule has 0 bridgehead atoms. The lowest BCUT2D eigenvalue weighted by Crippen LogP contribution is -2.19. The number of nitrogens with one attached hydrogen (secondary N) is 1. The minimum Gasteiger partial charge on any atom is -0.497 e. The number of rotatable bonds is 7. The van der Waals surface area contributed by atoms with Crippen molar-refractivity contribution in [2.45, 2.75) is 12.8 Å². The van der Waals surface area contributed by atoms with Gasteiger partial charge in [-0.2, -0.15) is 0 Å². The lowest BCUT2D eigenvalue weighted by molar-refractivity contribution is 0.331. The van der Waals surface area contributed by atoms with Crippen molar-refractivity contribution in [3.63, 3.8) is 0 Å². The summed E-state index contributed by atoms with van der Waals surface area (Å²) < 4.78 is 10.8. The maximum Gasteiger partial charge on any atom is 0.134 e. The van der Waals surface area contributed by atoms with Crippen molar-refractivity contribution in [2.24, 2.45) is 0 Å². The molecule has 6 heteroatoms. The summed E-state index contributed by atoms with van der Waals surface area (Å²) in [6.45, 7) is 3.41. The van der Waals surface area contributed by atoms with Crippen molar-refractivity contribution in [2.75, 3.05) is 43.6 Å². The highest BCUT2D eigenvalue weighted by Crippen LogP contribution is 2.19. The average molecular weight is 314 g/mol.